The van der Waals surface area contributed by atoms with Gasteiger partial charge in [0.05, 0.1) is 12.1 Å². The van der Waals surface area contributed by atoms with Crippen LogP contribution in [0.5, 0.6) is 0 Å². The molecule has 8 heteroatoms. The number of hydrogen-bond acceptors (Lipinski definition) is 4. The molecule has 6 nitrogen and oxygen atoms in total. The van der Waals surface area contributed by atoms with E-state index < -0.39 is 17.6 Å². The maximum atomic E-state index is 13.4. The van der Waals surface area contributed by atoms with E-state index in [1.54, 1.807) is 24.0 Å². The average molecular weight is 336 g/mol. The van der Waals surface area contributed by atoms with Gasteiger partial charge < -0.3 is 5.11 Å². The maximum Gasteiger partial charge on any atom is 0.303 e. The number of aliphatic carboxylic acids is 1. The molecule has 1 aliphatic heterocycles. The Labute approximate surface area is 137 Å². The number of carboxylic acids is 1. The number of halogens is 2. The molecule has 1 fully saturated rings. The van der Waals surface area contributed by atoms with Crippen LogP contribution < -0.4 is 0 Å². The fourth-order valence-corrected chi connectivity index (χ4v) is 3.29. The summed E-state index contributed by atoms with van der Waals surface area (Å²) in [5.41, 5.74) is 1.42. The molecular weight excluding hydrogens is 318 g/mol. The molecule has 0 unspecified atom stereocenters. The van der Waals surface area contributed by atoms with Crippen molar-refractivity contribution >= 4 is 5.97 Å². The van der Waals surface area contributed by atoms with Crippen LogP contribution in [0.3, 0.4) is 0 Å². The molecule has 2 heterocycles. The van der Waals surface area contributed by atoms with Crippen molar-refractivity contribution in [2.75, 3.05) is 13.1 Å². The first kappa shape index (κ1) is 16.5. The lowest BCUT2D eigenvalue weighted by molar-refractivity contribution is -0.138. The lowest BCUT2D eigenvalue weighted by atomic mass is 9.91. The SMILES string of the molecule is Cn1cc([C@@H]2CN(Cc3ccc(F)c(F)c3)C[C@@H]2CC(=O)O)nn1. The van der Waals surface area contributed by atoms with Crippen LogP contribution in [0, 0.1) is 17.6 Å². The van der Waals surface area contributed by atoms with Crippen LogP contribution in [0.1, 0.15) is 23.6 Å². The van der Waals surface area contributed by atoms with Crippen LogP contribution in [0.2, 0.25) is 0 Å². The smallest absolute Gasteiger partial charge is 0.303 e. The van der Waals surface area contributed by atoms with Crippen LogP contribution >= 0.6 is 0 Å². The van der Waals surface area contributed by atoms with E-state index in [2.05, 4.69) is 10.3 Å². The van der Waals surface area contributed by atoms with Gasteiger partial charge in [0.15, 0.2) is 11.6 Å². The van der Waals surface area contributed by atoms with Crippen molar-refractivity contribution in [2.45, 2.75) is 18.9 Å². The number of nitrogens with zero attached hydrogens (tertiary/aromatic N) is 4. The summed E-state index contributed by atoms with van der Waals surface area (Å²) in [5.74, 6) is -2.74. The molecule has 0 saturated carbocycles. The van der Waals surface area contributed by atoms with Gasteiger partial charge in [-0.15, -0.1) is 5.10 Å². The predicted molar refractivity (Wildman–Crippen MR) is 81.1 cm³/mol. The van der Waals surface area contributed by atoms with E-state index >= 15 is 0 Å². The Bertz CT molecular complexity index is 749. The minimum atomic E-state index is -0.876. The van der Waals surface area contributed by atoms with Crippen molar-refractivity contribution in [3.05, 3.63) is 47.3 Å². The molecular formula is C16H18F2N4O2. The van der Waals surface area contributed by atoms with E-state index in [1.807, 2.05) is 4.90 Å². The first-order valence-electron chi connectivity index (χ1n) is 7.66. The highest BCUT2D eigenvalue weighted by Gasteiger charge is 2.36. The largest absolute Gasteiger partial charge is 0.481 e. The van der Waals surface area contributed by atoms with Crippen LogP contribution in [-0.2, 0) is 18.4 Å². The highest BCUT2D eigenvalue weighted by Crippen LogP contribution is 2.34. The molecule has 0 amide bonds. The normalized spacial score (nSPS) is 21.3. The molecule has 128 valence electrons. The molecule has 24 heavy (non-hydrogen) atoms. The van der Waals surface area contributed by atoms with E-state index in [0.717, 1.165) is 11.8 Å². The molecule has 0 spiro atoms. The second-order valence-electron chi connectivity index (χ2n) is 6.22. The third-order valence-corrected chi connectivity index (χ3v) is 4.34. The quantitative estimate of drug-likeness (QED) is 0.901. The molecule has 1 aromatic heterocycles. The number of hydrogen-bond donors (Lipinski definition) is 1. The minimum absolute atomic E-state index is 0.0372. The van der Waals surface area contributed by atoms with Crippen molar-refractivity contribution in [3.63, 3.8) is 0 Å². The Balaban J connectivity index is 1.75. The molecule has 2 atom stereocenters. The third-order valence-electron chi connectivity index (χ3n) is 4.34. The zero-order valence-corrected chi connectivity index (χ0v) is 13.2. The Morgan fingerprint density at radius 2 is 2.12 bits per heavy atom. The van der Waals surface area contributed by atoms with Gasteiger partial charge in [-0.25, -0.2) is 8.78 Å². The van der Waals surface area contributed by atoms with Gasteiger partial charge in [-0.3, -0.25) is 14.4 Å². The Morgan fingerprint density at radius 3 is 2.75 bits per heavy atom. The van der Waals surface area contributed by atoms with E-state index in [0.29, 0.717) is 25.2 Å². The Morgan fingerprint density at radius 1 is 1.33 bits per heavy atom. The van der Waals surface area contributed by atoms with Gasteiger partial charge in [0.1, 0.15) is 0 Å². The van der Waals surface area contributed by atoms with Crippen molar-refractivity contribution < 1.29 is 18.7 Å². The standard InChI is InChI=1S/C16H18F2N4O2/c1-21-9-15(19-20-21)12-8-22(7-11(12)5-16(23)24)6-10-2-3-13(17)14(18)4-10/h2-4,9,11-12H,5-8H2,1H3,(H,23,24)/t11-,12+/m0/s1. The van der Waals surface area contributed by atoms with E-state index in [9.17, 15) is 13.6 Å². The van der Waals surface area contributed by atoms with Gasteiger partial charge in [-0.05, 0) is 23.6 Å². The first-order chi connectivity index (χ1) is 11.4. The van der Waals surface area contributed by atoms with Gasteiger partial charge in [0.2, 0.25) is 0 Å². The maximum absolute atomic E-state index is 13.4. The van der Waals surface area contributed by atoms with Gasteiger partial charge in [-0.2, -0.15) is 0 Å². The number of rotatable bonds is 5. The number of likely N-dealkylation sites (tertiary alicyclic amines) is 1. The Hall–Kier alpha value is -2.35. The summed E-state index contributed by atoms with van der Waals surface area (Å²) >= 11 is 0. The summed E-state index contributed by atoms with van der Waals surface area (Å²) < 4.78 is 28.0. The number of benzene rings is 1. The summed E-state index contributed by atoms with van der Waals surface area (Å²) in [5, 5.41) is 17.2. The van der Waals surface area contributed by atoms with Crippen LogP contribution in [-0.4, -0.2) is 44.1 Å². The topological polar surface area (TPSA) is 71.2 Å². The summed E-state index contributed by atoms with van der Waals surface area (Å²) in [4.78, 5) is 13.2. The van der Waals surface area contributed by atoms with Crippen molar-refractivity contribution in [3.8, 4) is 0 Å². The summed E-state index contributed by atoms with van der Waals surface area (Å²) in [6, 6.07) is 3.83. The molecule has 0 radical (unpaired) electrons. The summed E-state index contributed by atoms with van der Waals surface area (Å²) in [6.07, 6.45) is 1.83. The molecule has 1 N–H and O–H groups in total. The fraction of sp³-hybridized carbons (Fsp3) is 0.438. The van der Waals surface area contributed by atoms with Gasteiger partial charge in [-0.1, -0.05) is 11.3 Å². The van der Waals surface area contributed by atoms with E-state index in [1.165, 1.54) is 6.07 Å². The zero-order chi connectivity index (χ0) is 17.3. The molecule has 0 aliphatic carbocycles. The second-order valence-corrected chi connectivity index (χ2v) is 6.22. The molecule has 1 aromatic carbocycles. The number of aryl methyl sites for hydroxylation is 1. The Kier molecular flexibility index (Phi) is 4.57. The average Bonchev–Trinajstić information content (AvgIpc) is 3.09. The van der Waals surface area contributed by atoms with Crippen molar-refractivity contribution in [2.24, 2.45) is 13.0 Å². The molecule has 2 aromatic rings. The van der Waals surface area contributed by atoms with Gasteiger partial charge in [0, 0.05) is 38.8 Å². The van der Waals surface area contributed by atoms with Gasteiger partial charge >= 0.3 is 5.97 Å². The lowest BCUT2D eigenvalue weighted by Crippen LogP contribution is -2.21. The molecule has 1 saturated heterocycles. The molecule has 0 bridgehead atoms. The lowest BCUT2D eigenvalue weighted by Gasteiger charge is -2.15. The van der Waals surface area contributed by atoms with Crippen LogP contribution in [0.15, 0.2) is 24.4 Å². The van der Waals surface area contributed by atoms with Crippen molar-refractivity contribution in [1.29, 1.82) is 0 Å². The third kappa shape index (κ3) is 3.59. The minimum Gasteiger partial charge on any atom is -0.481 e. The summed E-state index contributed by atoms with van der Waals surface area (Å²) in [6.45, 7) is 1.60. The molecule has 1 aliphatic rings. The summed E-state index contributed by atoms with van der Waals surface area (Å²) in [7, 11) is 1.76. The predicted octanol–water partition coefficient (Wildman–Crippen LogP) is 1.78. The van der Waals surface area contributed by atoms with Crippen LogP contribution in [0.25, 0.3) is 0 Å². The van der Waals surface area contributed by atoms with E-state index in [-0.39, 0.29) is 18.3 Å². The highest BCUT2D eigenvalue weighted by molar-refractivity contribution is 5.67. The molecule has 3 rings (SSSR count). The van der Waals surface area contributed by atoms with Gasteiger partial charge in [0.25, 0.3) is 0 Å². The zero-order valence-electron chi connectivity index (χ0n) is 13.2. The second kappa shape index (κ2) is 6.64. The van der Waals surface area contributed by atoms with E-state index in [4.69, 9.17) is 5.11 Å². The number of carboxylic acid groups (broad SMARTS) is 1. The first-order valence-corrected chi connectivity index (χ1v) is 7.66. The number of carbonyl (C=O) groups is 1. The number of aromatic nitrogens is 3. The monoisotopic (exact) mass is 336 g/mol. The fourth-order valence-electron chi connectivity index (χ4n) is 3.29. The van der Waals surface area contributed by atoms with Crippen LogP contribution in [0.4, 0.5) is 8.78 Å². The highest BCUT2D eigenvalue weighted by atomic mass is 19.2. The van der Waals surface area contributed by atoms with Crippen molar-refractivity contribution in [1.82, 2.24) is 19.9 Å².